The first-order chi connectivity index (χ1) is 9.30. The summed E-state index contributed by atoms with van der Waals surface area (Å²) in [6, 6.07) is 0. The second kappa shape index (κ2) is 5.56. The summed E-state index contributed by atoms with van der Waals surface area (Å²) in [4.78, 5) is 4.24. The number of hydrogen-bond donors (Lipinski definition) is 1. The fourth-order valence-corrected chi connectivity index (χ4v) is 2.82. The molecule has 0 amide bonds. The van der Waals surface area contributed by atoms with Crippen molar-refractivity contribution < 1.29 is 14.0 Å². The number of nitrogens with zero attached hydrogens (tertiary/aromatic N) is 2. The van der Waals surface area contributed by atoms with Gasteiger partial charge in [-0.3, -0.25) is 0 Å². The summed E-state index contributed by atoms with van der Waals surface area (Å²) in [5.74, 6) is 1.29. The third kappa shape index (κ3) is 2.96. The molecular weight excluding hydrogens is 246 g/mol. The van der Waals surface area contributed by atoms with Gasteiger partial charge in [0.25, 0.3) is 5.89 Å². The van der Waals surface area contributed by atoms with Gasteiger partial charge >= 0.3 is 0 Å². The van der Waals surface area contributed by atoms with E-state index in [4.69, 9.17) is 14.0 Å². The van der Waals surface area contributed by atoms with E-state index in [0.29, 0.717) is 19.1 Å². The van der Waals surface area contributed by atoms with E-state index in [1.54, 1.807) is 0 Å². The summed E-state index contributed by atoms with van der Waals surface area (Å²) in [7, 11) is 0. The molecule has 0 aliphatic carbocycles. The lowest BCUT2D eigenvalue weighted by atomic mass is 9.89. The molecule has 2 aliphatic rings. The average molecular weight is 267 g/mol. The molecule has 1 atom stereocenters. The topological polar surface area (TPSA) is 69.4 Å². The molecule has 1 spiro atoms. The van der Waals surface area contributed by atoms with Crippen LogP contribution in [-0.4, -0.2) is 41.5 Å². The quantitative estimate of drug-likeness (QED) is 0.879. The zero-order valence-electron chi connectivity index (χ0n) is 11.4. The first-order valence-electron chi connectivity index (χ1n) is 7.07. The number of hydrogen-bond acceptors (Lipinski definition) is 6. The predicted octanol–water partition coefficient (Wildman–Crippen LogP) is 1.06. The molecule has 2 aliphatic heterocycles. The minimum atomic E-state index is 0.0410. The second-order valence-electron chi connectivity index (χ2n) is 5.34. The first-order valence-corrected chi connectivity index (χ1v) is 7.07. The van der Waals surface area contributed by atoms with Crippen LogP contribution in [0.1, 0.15) is 37.9 Å². The summed E-state index contributed by atoms with van der Waals surface area (Å²) in [6.45, 7) is 5.14. The SMILES string of the molecule is CCc1noc(COC2COC3(CCNCC3)C2)n1. The van der Waals surface area contributed by atoms with Gasteiger partial charge in [0.05, 0.1) is 18.3 Å². The van der Waals surface area contributed by atoms with Gasteiger partial charge in [-0.15, -0.1) is 0 Å². The molecule has 0 bridgehead atoms. The van der Waals surface area contributed by atoms with Crippen LogP contribution in [0, 0.1) is 0 Å². The van der Waals surface area contributed by atoms with Gasteiger partial charge in [-0.05, 0) is 25.9 Å². The van der Waals surface area contributed by atoms with Crippen molar-refractivity contribution in [3.05, 3.63) is 11.7 Å². The molecule has 2 fully saturated rings. The Kier molecular flexibility index (Phi) is 3.81. The Bertz CT molecular complexity index is 415. The largest absolute Gasteiger partial charge is 0.372 e. The Morgan fingerprint density at radius 2 is 2.26 bits per heavy atom. The highest BCUT2D eigenvalue weighted by atomic mass is 16.6. The lowest BCUT2D eigenvalue weighted by Gasteiger charge is -2.32. The Morgan fingerprint density at radius 3 is 3.00 bits per heavy atom. The van der Waals surface area contributed by atoms with E-state index in [-0.39, 0.29) is 11.7 Å². The molecule has 1 N–H and O–H groups in total. The van der Waals surface area contributed by atoms with Gasteiger partial charge in [0.1, 0.15) is 6.61 Å². The number of rotatable bonds is 4. The molecule has 0 saturated carbocycles. The van der Waals surface area contributed by atoms with Crippen LogP contribution >= 0.6 is 0 Å². The van der Waals surface area contributed by atoms with E-state index >= 15 is 0 Å². The van der Waals surface area contributed by atoms with Gasteiger partial charge in [0, 0.05) is 12.8 Å². The van der Waals surface area contributed by atoms with Gasteiger partial charge in [-0.2, -0.15) is 4.98 Å². The fourth-order valence-electron chi connectivity index (χ4n) is 2.82. The molecule has 6 heteroatoms. The number of piperidine rings is 1. The standard InChI is InChI=1S/C13H21N3O3/c1-2-11-15-12(19-16-11)9-17-10-7-13(18-8-10)3-5-14-6-4-13/h10,14H,2-9H2,1H3. The lowest BCUT2D eigenvalue weighted by molar-refractivity contribution is -0.0250. The van der Waals surface area contributed by atoms with Crippen molar-refractivity contribution in [1.82, 2.24) is 15.5 Å². The van der Waals surface area contributed by atoms with Crippen LogP contribution in [0.3, 0.4) is 0 Å². The third-order valence-electron chi connectivity index (χ3n) is 3.96. The second-order valence-corrected chi connectivity index (χ2v) is 5.34. The smallest absolute Gasteiger partial charge is 0.252 e. The molecule has 0 aromatic carbocycles. The third-order valence-corrected chi connectivity index (χ3v) is 3.96. The zero-order valence-corrected chi connectivity index (χ0v) is 11.4. The number of aryl methyl sites for hydroxylation is 1. The van der Waals surface area contributed by atoms with Crippen LogP contribution in [0.5, 0.6) is 0 Å². The summed E-state index contributed by atoms with van der Waals surface area (Å²) in [5, 5.41) is 7.22. The van der Waals surface area contributed by atoms with Crippen molar-refractivity contribution in [2.75, 3.05) is 19.7 Å². The molecular formula is C13H21N3O3. The van der Waals surface area contributed by atoms with Crippen molar-refractivity contribution in [3.8, 4) is 0 Å². The molecule has 2 saturated heterocycles. The van der Waals surface area contributed by atoms with Crippen molar-refractivity contribution in [2.45, 2.75) is 50.9 Å². The number of aromatic nitrogens is 2. The Hall–Kier alpha value is -0.980. The highest BCUT2D eigenvalue weighted by Crippen LogP contribution is 2.35. The minimum absolute atomic E-state index is 0.0410. The molecule has 19 heavy (non-hydrogen) atoms. The van der Waals surface area contributed by atoms with Crippen LogP contribution in [0.25, 0.3) is 0 Å². The summed E-state index contributed by atoms with van der Waals surface area (Å²) < 4.78 is 16.9. The monoisotopic (exact) mass is 267 g/mol. The molecule has 1 unspecified atom stereocenters. The Balaban J connectivity index is 1.49. The van der Waals surface area contributed by atoms with E-state index in [9.17, 15) is 0 Å². The predicted molar refractivity (Wildman–Crippen MR) is 67.7 cm³/mol. The van der Waals surface area contributed by atoms with Gasteiger partial charge in [-0.1, -0.05) is 12.1 Å². The first kappa shape index (κ1) is 13.0. The maximum atomic E-state index is 5.98. The summed E-state index contributed by atoms with van der Waals surface area (Å²) in [6.07, 6.45) is 4.06. The van der Waals surface area contributed by atoms with Crippen molar-refractivity contribution in [2.24, 2.45) is 0 Å². The molecule has 3 rings (SSSR count). The van der Waals surface area contributed by atoms with E-state index in [1.165, 1.54) is 0 Å². The van der Waals surface area contributed by atoms with Crippen LogP contribution < -0.4 is 5.32 Å². The number of nitrogens with one attached hydrogen (secondary N) is 1. The number of ether oxygens (including phenoxy) is 2. The normalized spacial score (nSPS) is 26.1. The van der Waals surface area contributed by atoms with E-state index in [2.05, 4.69) is 15.5 Å². The fraction of sp³-hybridized carbons (Fsp3) is 0.846. The van der Waals surface area contributed by atoms with Gasteiger partial charge in [0.15, 0.2) is 5.82 Å². The molecule has 1 aromatic heterocycles. The van der Waals surface area contributed by atoms with Crippen LogP contribution in [0.4, 0.5) is 0 Å². The summed E-state index contributed by atoms with van der Waals surface area (Å²) in [5.41, 5.74) is 0.0410. The lowest BCUT2D eigenvalue weighted by Crippen LogP contribution is -2.41. The molecule has 106 valence electrons. The van der Waals surface area contributed by atoms with Gasteiger partial charge < -0.3 is 19.3 Å². The van der Waals surface area contributed by atoms with Crippen molar-refractivity contribution >= 4 is 0 Å². The molecule has 6 nitrogen and oxygen atoms in total. The highest BCUT2D eigenvalue weighted by Gasteiger charge is 2.41. The molecule has 3 heterocycles. The summed E-state index contributed by atoms with van der Waals surface area (Å²) >= 11 is 0. The Morgan fingerprint density at radius 1 is 1.42 bits per heavy atom. The van der Waals surface area contributed by atoms with E-state index in [1.807, 2.05) is 6.92 Å². The Labute approximate surface area is 112 Å². The minimum Gasteiger partial charge on any atom is -0.372 e. The zero-order chi connectivity index (χ0) is 13.1. The highest BCUT2D eigenvalue weighted by molar-refractivity contribution is 4.93. The van der Waals surface area contributed by atoms with Crippen LogP contribution in [0.15, 0.2) is 4.52 Å². The van der Waals surface area contributed by atoms with Crippen LogP contribution in [-0.2, 0) is 22.5 Å². The van der Waals surface area contributed by atoms with Crippen LogP contribution in [0.2, 0.25) is 0 Å². The van der Waals surface area contributed by atoms with Crippen molar-refractivity contribution in [1.29, 1.82) is 0 Å². The maximum absolute atomic E-state index is 5.98. The van der Waals surface area contributed by atoms with E-state index in [0.717, 1.165) is 44.6 Å². The van der Waals surface area contributed by atoms with E-state index < -0.39 is 0 Å². The molecule has 0 radical (unpaired) electrons. The molecule has 1 aromatic rings. The van der Waals surface area contributed by atoms with Gasteiger partial charge in [-0.25, -0.2) is 0 Å². The maximum Gasteiger partial charge on any atom is 0.252 e. The van der Waals surface area contributed by atoms with Gasteiger partial charge in [0.2, 0.25) is 0 Å². The average Bonchev–Trinajstić information content (AvgIpc) is 3.05. The van der Waals surface area contributed by atoms with Crippen molar-refractivity contribution in [3.63, 3.8) is 0 Å².